The Balaban J connectivity index is 2.22. The van der Waals surface area contributed by atoms with Gasteiger partial charge in [0.05, 0.1) is 18.0 Å². The second-order valence-electron chi connectivity index (χ2n) is 3.27. The molecule has 0 aliphatic rings. The number of aryl methyl sites for hydroxylation is 2. The van der Waals surface area contributed by atoms with Crippen LogP contribution in [0.1, 0.15) is 21.7 Å². The molecule has 0 radical (unpaired) electrons. The van der Waals surface area contributed by atoms with Crippen LogP contribution in [0.25, 0.3) is 0 Å². The molecule has 78 valence electrons. The molecule has 0 unspecified atom stereocenters. The summed E-state index contributed by atoms with van der Waals surface area (Å²) in [6, 6.07) is 1.68. The monoisotopic (exact) mass is 205 g/mol. The molecule has 5 heteroatoms. The molecule has 2 rings (SSSR count). The van der Waals surface area contributed by atoms with Crippen LogP contribution < -0.4 is 5.32 Å². The number of carbonyl (C=O) groups excluding carboxylic acids is 1. The van der Waals surface area contributed by atoms with Crippen molar-refractivity contribution in [2.45, 2.75) is 13.8 Å². The molecular weight excluding hydrogens is 194 g/mol. The maximum absolute atomic E-state index is 11.8. The van der Waals surface area contributed by atoms with Crippen molar-refractivity contribution >= 4 is 11.7 Å². The highest BCUT2D eigenvalue weighted by Gasteiger charge is 2.15. The number of anilines is 1. The summed E-state index contributed by atoms with van der Waals surface area (Å²) in [6.07, 6.45) is 3.14. The Labute approximate surface area is 86.5 Å². The summed E-state index contributed by atoms with van der Waals surface area (Å²) < 4.78 is 5.15. The van der Waals surface area contributed by atoms with E-state index >= 15 is 0 Å². The molecule has 1 amide bonds. The molecular formula is C10H11N3O2. The second kappa shape index (κ2) is 3.61. The van der Waals surface area contributed by atoms with Gasteiger partial charge in [-0.3, -0.25) is 9.89 Å². The number of furan rings is 1. The van der Waals surface area contributed by atoms with Crippen molar-refractivity contribution in [1.82, 2.24) is 10.2 Å². The molecule has 2 aromatic heterocycles. The lowest BCUT2D eigenvalue weighted by Gasteiger charge is -2.01. The first-order chi connectivity index (χ1) is 7.18. The van der Waals surface area contributed by atoms with Gasteiger partial charge < -0.3 is 9.73 Å². The fraction of sp³-hybridized carbons (Fsp3) is 0.200. The fourth-order valence-electron chi connectivity index (χ4n) is 1.42. The number of amides is 1. The van der Waals surface area contributed by atoms with Crippen LogP contribution in [0.3, 0.4) is 0 Å². The largest absolute Gasteiger partial charge is 0.469 e. The van der Waals surface area contributed by atoms with Gasteiger partial charge in [0.15, 0.2) is 0 Å². The van der Waals surface area contributed by atoms with Crippen LogP contribution in [0.2, 0.25) is 0 Å². The molecule has 15 heavy (non-hydrogen) atoms. The van der Waals surface area contributed by atoms with Gasteiger partial charge in [0, 0.05) is 11.6 Å². The highest BCUT2D eigenvalue weighted by atomic mass is 16.3. The van der Waals surface area contributed by atoms with E-state index in [-0.39, 0.29) is 5.91 Å². The number of hydrogen-bond donors (Lipinski definition) is 2. The SMILES string of the molecule is Cc1coc(C)c1C(=O)Nc1ccn[nH]1. The second-order valence-corrected chi connectivity index (χ2v) is 3.27. The molecule has 2 heterocycles. The van der Waals surface area contributed by atoms with Crippen molar-refractivity contribution < 1.29 is 9.21 Å². The predicted octanol–water partition coefficient (Wildman–Crippen LogP) is 1.87. The molecule has 2 aromatic rings. The average molecular weight is 205 g/mol. The number of aromatic amines is 1. The van der Waals surface area contributed by atoms with Gasteiger partial charge in [-0.15, -0.1) is 0 Å². The quantitative estimate of drug-likeness (QED) is 0.786. The number of carbonyl (C=O) groups is 1. The van der Waals surface area contributed by atoms with E-state index in [9.17, 15) is 4.79 Å². The van der Waals surface area contributed by atoms with E-state index in [1.165, 1.54) is 0 Å². The molecule has 0 atom stereocenters. The average Bonchev–Trinajstić information content (AvgIpc) is 2.77. The zero-order chi connectivity index (χ0) is 10.8. The number of nitrogens with zero attached hydrogens (tertiary/aromatic N) is 1. The minimum Gasteiger partial charge on any atom is -0.469 e. The fourth-order valence-corrected chi connectivity index (χ4v) is 1.42. The number of H-pyrrole nitrogens is 1. The summed E-state index contributed by atoms with van der Waals surface area (Å²) in [4.78, 5) is 11.8. The van der Waals surface area contributed by atoms with Gasteiger partial charge in [0.25, 0.3) is 5.91 Å². The van der Waals surface area contributed by atoms with Crippen LogP contribution in [0.15, 0.2) is 22.9 Å². The molecule has 2 N–H and O–H groups in total. The number of aromatic nitrogens is 2. The highest BCUT2D eigenvalue weighted by Crippen LogP contribution is 2.16. The Morgan fingerprint density at radius 1 is 1.53 bits per heavy atom. The minimum absolute atomic E-state index is 0.192. The molecule has 0 saturated carbocycles. The Kier molecular flexibility index (Phi) is 2.29. The topological polar surface area (TPSA) is 70.9 Å². The van der Waals surface area contributed by atoms with Crippen molar-refractivity contribution in [2.24, 2.45) is 0 Å². The summed E-state index contributed by atoms with van der Waals surface area (Å²) in [6.45, 7) is 3.59. The van der Waals surface area contributed by atoms with Crippen molar-refractivity contribution in [3.05, 3.63) is 35.4 Å². The lowest BCUT2D eigenvalue weighted by molar-refractivity contribution is 0.102. The van der Waals surface area contributed by atoms with Crippen molar-refractivity contribution in [3.8, 4) is 0 Å². The van der Waals surface area contributed by atoms with Gasteiger partial charge in [-0.2, -0.15) is 5.10 Å². The van der Waals surface area contributed by atoms with Gasteiger partial charge in [0.1, 0.15) is 11.6 Å². The van der Waals surface area contributed by atoms with Gasteiger partial charge in [0.2, 0.25) is 0 Å². The van der Waals surface area contributed by atoms with E-state index in [1.807, 2.05) is 6.92 Å². The standard InChI is InChI=1S/C10H11N3O2/c1-6-5-15-7(2)9(6)10(14)12-8-3-4-11-13-8/h3-5H,1-2H3,(H2,11,12,13,14). The third-order valence-corrected chi connectivity index (χ3v) is 2.13. The first-order valence-corrected chi connectivity index (χ1v) is 4.54. The summed E-state index contributed by atoms with van der Waals surface area (Å²) >= 11 is 0. The Morgan fingerprint density at radius 3 is 2.87 bits per heavy atom. The lowest BCUT2D eigenvalue weighted by Crippen LogP contribution is -2.13. The van der Waals surface area contributed by atoms with Crippen LogP contribution in [0.5, 0.6) is 0 Å². The van der Waals surface area contributed by atoms with Crippen molar-refractivity contribution in [3.63, 3.8) is 0 Å². The maximum atomic E-state index is 11.8. The highest BCUT2D eigenvalue weighted by molar-refractivity contribution is 6.05. The lowest BCUT2D eigenvalue weighted by atomic mass is 10.1. The molecule has 0 fully saturated rings. The smallest absolute Gasteiger partial charge is 0.260 e. The molecule has 0 aliphatic carbocycles. The third kappa shape index (κ3) is 1.76. The maximum Gasteiger partial charge on any atom is 0.260 e. The third-order valence-electron chi connectivity index (χ3n) is 2.13. The van der Waals surface area contributed by atoms with Crippen molar-refractivity contribution in [1.29, 1.82) is 0 Å². The van der Waals surface area contributed by atoms with E-state index in [1.54, 1.807) is 25.5 Å². The van der Waals surface area contributed by atoms with E-state index in [4.69, 9.17) is 4.42 Å². The summed E-state index contributed by atoms with van der Waals surface area (Å²) in [7, 11) is 0. The Bertz CT molecular complexity index is 451. The first kappa shape index (κ1) is 9.51. The number of hydrogen-bond acceptors (Lipinski definition) is 3. The van der Waals surface area contributed by atoms with Gasteiger partial charge in [-0.05, 0) is 13.8 Å². The molecule has 0 spiro atoms. The summed E-state index contributed by atoms with van der Waals surface area (Å²) in [5, 5.41) is 9.08. The molecule has 0 saturated heterocycles. The van der Waals surface area contributed by atoms with Crippen LogP contribution in [-0.2, 0) is 0 Å². The summed E-state index contributed by atoms with van der Waals surface area (Å²) in [5.74, 6) is 0.993. The van der Waals surface area contributed by atoms with Gasteiger partial charge >= 0.3 is 0 Å². The summed E-state index contributed by atoms with van der Waals surface area (Å²) in [5.41, 5.74) is 1.40. The van der Waals surface area contributed by atoms with Crippen LogP contribution in [0, 0.1) is 13.8 Å². The zero-order valence-electron chi connectivity index (χ0n) is 8.50. The zero-order valence-corrected chi connectivity index (χ0v) is 8.50. The van der Waals surface area contributed by atoms with Gasteiger partial charge in [-0.1, -0.05) is 0 Å². The molecule has 0 aromatic carbocycles. The van der Waals surface area contributed by atoms with E-state index in [2.05, 4.69) is 15.5 Å². The van der Waals surface area contributed by atoms with E-state index in [0.717, 1.165) is 5.56 Å². The van der Waals surface area contributed by atoms with E-state index < -0.39 is 0 Å². The normalized spacial score (nSPS) is 10.3. The van der Waals surface area contributed by atoms with Crippen molar-refractivity contribution in [2.75, 3.05) is 5.32 Å². The van der Waals surface area contributed by atoms with Crippen LogP contribution >= 0.6 is 0 Å². The van der Waals surface area contributed by atoms with Crippen LogP contribution in [0.4, 0.5) is 5.82 Å². The predicted molar refractivity (Wildman–Crippen MR) is 54.7 cm³/mol. The minimum atomic E-state index is -0.192. The van der Waals surface area contributed by atoms with Gasteiger partial charge in [-0.25, -0.2) is 0 Å². The Hall–Kier alpha value is -2.04. The first-order valence-electron chi connectivity index (χ1n) is 4.54. The number of nitrogens with one attached hydrogen (secondary N) is 2. The molecule has 0 aliphatic heterocycles. The van der Waals surface area contributed by atoms with E-state index in [0.29, 0.717) is 17.1 Å². The Morgan fingerprint density at radius 2 is 2.33 bits per heavy atom. The molecule has 5 nitrogen and oxygen atoms in total. The van der Waals surface area contributed by atoms with Crippen LogP contribution in [-0.4, -0.2) is 16.1 Å². The molecule has 0 bridgehead atoms. The number of rotatable bonds is 2.